The molecular formula is C28H24N4O2. The van der Waals surface area contributed by atoms with Gasteiger partial charge in [0, 0.05) is 23.5 Å². The third-order valence-electron chi connectivity index (χ3n) is 6.54. The summed E-state index contributed by atoms with van der Waals surface area (Å²) in [6.07, 6.45) is 7.22. The maximum atomic E-state index is 12.9. The van der Waals surface area contributed by atoms with Crippen LogP contribution in [0.2, 0.25) is 0 Å². The molecule has 0 radical (unpaired) electrons. The summed E-state index contributed by atoms with van der Waals surface area (Å²) in [6, 6.07) is 25.4. The molecular weight excluding hydrogens is 424 g/mol. The minimum Gasteiger partial charge on any atom is -0.441 e. The molecule has 0 atom stereocenters. The van der Waals surface area contributed by atoms with Gasteiger partial charge in [-0.3, -0.25) is 4.79 Å². The number of para-hydroxylation sites is 2. The molecule has 0 saturated heterocycles. The quantitative estimate of drug-likeness (QED) is 0.415. The monoisotopic (exact) mass is 448 g/mol. The smallest absolute Gasteiger partial charge is 0.228 e. The minimum atomic E-state index is -0.150. The molecule has 0 bridgehead atoms. The highest BCUT2D eigenvalue weighted by Gasteiger charge is 2.47. The van der Waals surface area contributed by atoms with Crippen molar-refractivity contribution in [3.05, 3.63) is 108 Å². The zero-order chi connectivity index (χ0) is 23.0. The van der Waals surface area contributed by atoms with Gasteiger partial charge in [-0.05, 0) is 61.2 Å². The second-order valence-electron chi connectivity index (χ2n) is 8.89. The molecule has 2 heterocycles. The van der Waals surface area contributed by atoms with Gasteiger partial charge in [-0.25, -0.2) is 9.98 Å². The number of benzene rings is 3. The fraction of sp³-hybridized carbons (Fsp3) is 0.179. The van der Waals surface area contributed by atoms with Gasteiger partial charge in [0.25, 0.3) is 0 Å². The molecule has 168 valence electrons. The Kier molecular flexibility index (Phi) is 4.99. The van der Waals surface area contributed by atoms with Crippen molar-refractivity contribution in [3.63, 3.8) is 0 Å². The van der Waals surface area contributed by atoms with E-state index in [1.165, 1.54) is 5.56 Å². The molecule has 1 fully saturated rings. The van der Waals surface area contributed by atoms with Crippen LogP contribution in [0.5, 0.6) is 5.75 Å². The fourth-order valence-corrected chi connectivity index (χ4v) is 4.51. The number of aromatic amines is 1. The van der Waals surface area contributed by atoms with E-state index in [2.05, 4.69) is 56.4 Å². The zero-order valence-electron chi connectivity index (χ0n) is 18.6. The van der Waals surface area contributed by atoms with E-state index in [0.29, 0.717) is 29.6 Å². The largest absolute Gasteiger partial charge is 0.441 e. The molecule has 6 rings (SSSR count). The van der Waals surface area contributed by atoms with Gasteiger partial charge in [-0.2, -0.15) is 0 Å². The SMILES string of the molecule is O=C(c1ccc(OC2=NC=CN(C3(Cc4ccccc4)CC3)C2)cc1)c1nc2ccccc2[nH]1. The maximum Gasteiger partial charge on any atom is 0.228 e. The van der Waals surface area contributed by atoms with Gasteiger partial charge in [0.15, 0.2) is 5.82 Å². The average Bonchev–Trinajstić information content (AvgIpc) is 3.53. The number of rotatable bonds is 6. The van der Waals surface area contributed by atoms with Crippen LogP contribution in [0.1, 0.15) is 34.6 Å². The van der Waals surface area contributed by atoms with E-state index in [4.69, 9.17) is 4.74 Å². The molecule has 1 saturated carbocycles. The summed E-state index contributed by atoms with van der Waals surface area (Å²) in [6.45, 7) is 0.628. The lowest BCUT2D eigenvalue weighted by Crippen LogP contribution is -2.41. The van der Waals surface area contributed by atoms with Crippen molar-refractivity contribution in [1.82, 2.24) is 14.9 Å². The number of ketones is 1. The second kappa shape index (κ2) is 8.30. The summed E-state index contributed by atoms with van der Waals surface area (Å²) in [5.74, 6) is 1.49. The Balaban J connectivity index is 1.12. The Morgan fingerprint density at radius 2 is 1.74 bits per heavy atom. The molecule has 0 unspecified atom stereocenters. The zero-order valence-corrected chi connectivity index (χ0v) is 18.6. The van der Waals surface area contributed by atoms with Crippen LogP contribution in [0.4, 0.5) is 0 Å². The summed E-state index contributed by atoms with van der Waals surface area (Å²) in [4.78, 5) is 27.1. The van der Waals surface area contributed by atoms with Gasteiger partial charge < -0.3 is 14.6 Å². The summed E-state index contributed by atoms with van der Waals surface area (Å²) in [5.41, 5.74) is 3.67. The highest BCUT2D eigenvalue weighted by molar-refractivity contribution is 6.08. The van der Waals surface area contributed by atoms with Crippen molar-refractivity contribution in [2.45, 2.75) is 24.8 Å². The number of aromatic nitrogens is 2. The van der Waals surface area contributed by atoms with Crippen molar-refractivity contribution < 1.29 is 9.53 Å². The normalized spacial score (nSPS) is 16.4. The molecule has 34 heavy (non-hydrogen) atoms. The van der Waals surface area contributed by atoms with Gasteiger partial charge in [-0.15, -0.1) is 0 Å². The second-order valence-corrected chi connectivity index (χ2v) is 8.89. The van der Waals surface area contributed by atoms with E-state index in [0.717, 1.165) is 30.3 Å². The predicted molar refractivity (Wildman–Crippen MR) is 132 cm³/mol. The number of fused-ring (bicyclic) bond motifs is 1. The van der Waals surface area contributed by atoms with Gasteiger partial charge in [0.2, 0.25) is 11.7 Å². The van der Waals surface area contributed by atoms with E-state index >= 15 is 0 Å². The van der Waals surface area contributed by atoms with Crippen LogP contribution < -0.4 is 4.74 Å². The number of carbonyl (C=O) groups excluding carboxylic acids is 1. The number of imidazole rings is 1. The number of ether oxygens (including phenoxy) is 1. The molecule has 1 N–H and O–H groups in total. The molecule has 1 aliphatic heterocycles. The molecule has 6 nitrogen and oxygen atoms in total. The Morgan fingerprint density at radius 3 is 2.50 bits per heavy atom. The van der Waals surface area contributed by atoms with Crippen LogP contribution in [0.15, 0.2) is 96.3 Å². The van der Waals surface area contributed by atoms with E-state index in [-0.39, 0.29) is 11.3 Å². The summed E-state index contributed by atoms with van der Waals surface area (Å²) >= 11 is 0. The number of carbonyl (C=O) groups is 1. The average molecular weight is 449 g/mol. The summed E-state index contributed by atoms with van der Waals surface area (Å²) in [5, 5.41) is 0. The molecule has 6 heteroatoms. The molecule has 4 aromatic rings. The van der Waals surface area contributed by atoms with Crippen LogP contribution in [0.25, 0.3) is 11.0 Å². The van der Waals surface area contributed by atoms with E-state index in [1.54, 1.807) is 24.3 Å². The van der Waals surface area contributed by atoms with Crippen molar-refractivity contribution in [3.8, 4) is 5.75 Å². The molecule has 0 amide bonds. The Labute approximate surface area is 197 Å². The van der Waals surface area contributed by atoms with Gasteiger partial charge in [-0.1, -0.05) is 42.5 Å². The van der Waals surface area contributed by atoms with Crippen molar-refractivity contribution in [2.24, 2.45) is 4.99 Å². The van der Waals surface area contributed by atoms with Crippen LogP contribution in [-0.4, -0.2) is 38.6 Å². The lowest BCUT2D eigenvalue weighted by atomic mass is 10.0. The van der Waals surface area contributed by atoms with Crippen LogP contribution in [-0.2, 0) is 6.42 Å². The van der Waals surface area contributed by atoms with Crippen LogP contribution in [0.3, 0.4) is 0 Å². The van der Waals surface area contributed by atoms with Crippen LogP contribution >= 0.6 is 0 Å². The minimum absolute atomic E-state index is 0.144. The van der Waals surface area contributed by atoms with Gasteiger partial charge in [0.1, 0.15) is 5.75 Å². The lowest BCUT2D eigenvalue weighted by molar-refractivity contribution is 0.103. The number of hydrogen-bond donors (Lipinski definition) is 1. The lowest BCUT2D eigenvalue weighted by Gasteiger charge is -2.32. The van der Waals surface area contributed by atoms with Crippen molar-refractivity contribution in [1.29, 1.82) is 0 Å². The number of hydrogen-bond acceptors (Lipinski definition) is 5. The van der Waals surface area contributed by atoms with E-state index in [9.17, 15) is 4.79 Å². The van der Waals surface area contributed by atoms with E-state index in [1.807, 2.05) is 30.5 Å². The molecule has 0 spiro atoms. The third kappa shape index (κ3) is 3.99. The topological polar surface area (TPSA) is 70.6 Å². The molecule has 1 aliphatic carbocycles. The molecule has 2 aliphatic rings. The van der Waals surface area contributed by atoms with Crippen molar-refractivity contribution in [2.75, 3.05) is 6.54 Å². The first-order valence-corrected chi connectivity index (χ1v) is 11.5. The predicted octanol–water partition coefficient (Wildman–Crippen LogP) is 5.13. The molecule has 1 aromatic heterocycles. The summed E-state index contributed by atoms with van der Waals surface area (Å²) in [7, 11) is 0. The number of H-pyrrole nitrogens is 1. The Hall–Kier alpha value is -4.19. The van der Waals surface area contributed by atoms with Crippen LogP contribution in [0, 0.1) is 0 Å². The van der Waals surface area contributed by atoms with E-state index < -0.39 is 0 Å². The van der Waals surface area contributed by atoms with Gasteiger partial charge in [0.05, 0.1) is 17.6 Å². The first kappa shape index (κ1) is 20.4. The first-order chi connectivity index (χ1) is 16.7. The number of aliphatic imine (C=N–C) groups is 1. The molecule has 3 aromatic carbocycles. The van der Waals surface area contributed by atoms with Gasteiger partial charge >= 0.3 is 0 Å². The first-order valence-electron chi connectivity index (χ1n) is 11.5. The highest BCUT2D eigenvalue weighted by Crippen LogP contribution is 2.45. The Morgan fingerprint density at radius 1 is 0.971 bits per heavy atom. The van der Waals surface area contributed by atoms with Crippen molar-refractivity contribution >= 4 is 22.7 Å². The Bertz CT molecular complexity index is 1370. The number of nitrogens with zero attached hydrogens (tertiary/aromatic N) is 3. The highest BCUT2D eigenvalue weighted by atomic mass is 16.5. The number of nitrogens with one attached hydrogen (secondary N) is 1. The summed E-state index contributed by atoms with van der Waals surface area (Å²) < 4.78 is 6.07. The maximum absolute atomic E-state index is 12.9. The third-order valence-corrected chi connectivity index (χ3v) is 6.54. The fourth-order valence-electron chi connectivity index (χ4n) is 4.51. The standard InChI is InChI=1S/C28H24N4O2/c33-26(27-30-23-8-4-5-9-24(23)31-27)21-10-12-22(13-11-21)34-25-19-32(17-16-29-25)28(14-15-28)18-20-6-2-1-3-7-20/h1-13,16-17H,14-15,18-19H2,(H,30,31).